The van der Waals surface area contributed by atoms with E-state index in [4.69, 9.17) is 18.9 Å². The van der Waals surface area contributed by atoms with E-state index in [0.29, 0.717) is 6.42 Å². The summed E-state index contributed by atoms with van der Waals surface area (Å²) < 4.78 is 57.7. The van der Waals surface area contributed by atoms with Crippen LogP contribution in [0.3, 0.4) is 0 Å². The maximum atomic E-state index is 12.4. The molecule has 10 heteroatoms. The second-order valence-electron chi connectivity index (χ2n) is 8.19. The van der Waals surface area contributed by atoms with Gasteiger partial charge in [-0.1, -0.05) is 6.92 Å². The Morgan fingerprint density at radius 1 is 1.21 bits per heavy atom. The van der Waals surface area contributed by atoms with Crippen molar-refractivity contribution in [3.8, 4) is 0 Å². The molecule has 2 aliphatic rings. The molecule has 0 N–H and O–H groups in total. The van der Waals surface area contributed by atoms with Gasteiger partial charge in [-0.25, -0.2) is 4.79 Å². The number of hydrogen-bond acceptors (Lipinski definition) is 7. The molecule has 0 aromatic carbocycles. The molecular weight excluding hydrogens is 397 g/mol. The lowest BCUT2D eigenvalue weighted by Crippen LogP contribution is -2.32. The minimum absolute atomic E-state index is 0.0671. The zero-order valence-electron chi connectivity index (χ0n) is 17.0. The van der Waals surface area contributed by atoms with E-state index >= 15 is 0 Å². The van der Waals surface area contributed by atoms with Gasteiger partial charge >= 0.3 is 24.1 Å². The minimum atomic E-state index is -4.44. The smallest absolute Gasteiger partial charge is 0.414 e. The second-order valence-corrected chi connectivity index (χ2v) is 8.19. The SMILES string of the molecule is CCC(C)(C)C(=O)OC1CC2(CC(CCCOC(C)C(F)(F)F)C(=O)O2)OC1=O. The van der Waals surface area contributed by atoms with Crippen molar-refractivity contribution in [2.75, 3.05) is 6.61 Å². The van der Waals surface area contributed by atoms with Crippen molar-refractivity contribution < 1.29 is 46.5 Å². The van der Waals surface area contributed by atoms with Crippen molar-refractivity contribution in [2.45, 2.75) is 84.0 Å². The van der Waals surface area contributed by atoms with Crippen LogP contribution >= 0.6 is 0 Å². The fraction of sp³-hybridized carbons (Fsp3) is 0.842. The normalized spacial score (nSPS) is 28.4. The Morgan fingerprint density at radius 3 is 2.41 bits per heavy atom. The monoisotopic (exact) mass is 424 g/mol. The molecule has 2 rings (SSSR count). The van der Waals surface area contributed by atoms with Gasteiger partial charge in [0.15, 0.2) is 6.10 Å². The van der Waals surface area contributed by atoms with Crippen molar-refractivity contribution in [2.24, 2.45) is 11.3 Å². The van der Waals surface area contributed by atoms with Crippen molar-refractivity contribution in [1.29, 1.82) is 0 Å². The summed E-state index contributed by atoms with van der Waals surface area (Å²) in [4.78, 5) is 36.4. The maximum absolute atomic E-state index is 12.4. The summed E-state index contributed by atoms with van der Waals surface area (Å²) in [5.74, 6) is -4.03. The third-order valence-corrected chi connectivity index (χ3v) is 5.43. The standard InChI is InChI=1S/C19H27F3O7/c1-5-17(3,4)16(25)27-13-10-18(29-15(13)24)9-12(14(23)28-18)7-6-8-26-11(2)19(20,21)22/h11-13H,5-10H2,1-4H3. The Hall–Kier alpha value is -1.84. The Balaban J connectivity index is 1.86. The topological polar surface area (TPSA) is 88.1 Å². The average Bonchev–Trinajstić information content (AvgIpc) is 3.07. The number of esters is 3. The van der Waals surface area contributed by atoms with Crippen LogP contribution in [-0.2, 0) is 33.3 Å². The van der Waals surface area contributed by atoms with E-state index in [0.717, 1.165) is 6.92 Å². The molecule has 2 fully saturated rings. The zero-order chi connectivity index (χ0) is 22.0. The third kappa shape index (κ3) is 5.61. The van der Waals surface area contributed by atoms with Gasteiger partial charge in [0.25, 0.3) is 5.79 Å². The molecule has 0 aromatic heterocycles. The third-order valence-electron chi connectivity index (χ3n) is 5.43. The van der Waals surface area contributed by atoms with Crippen LogP contribution in [0.1, 0.15) is 59.8 Å². The van der Waals surface area contributed by atoms with Crippen molar-refractivity contribution >= 4 is 17.9 Å². The largest absolute Gasteiger partial charge is 0.450 e. The highest BCUT2D eigenvalue weighted by atomic mass is 19.4. The maximum Gasteiger partial charge on any atom is 0.414 e. The lowest BCUT2D eigenvalue weighted by Gasteiger charge is -2.22. The lowest BCUT2D eigenvalue weighted by molar-refractivity contribution is -0.214. The lowest BCUT2D eigenvalue weighted by atomic mass is 9.90. The molecule has 2 heterocycles. The molecular formula is C19H27F3O7. The molecule has 0 bridgehead atoms. The van der Waals surface area contributed by atoms with Crippen LogP contribution in [-0.4, -0.2) is 48.7 Å². The van der Waals surface area contributed by atoms with E-state index in [-0.39, 0.29) is 32.3 Å². The molecule has 1 spiro atoms. The number of carbonyl (C=O) groups excluding carboxylic acids is 3. The minimum Gasteiger partial charge on any atom is -0.450 e. The molecule has 4 unspecified atom stereocenters. The van der Waals surface area contributed by atoms with Crippen LogP contribution in [0.25, 0.3) is 0 Å². The van der Waals surface area contributed by atoms with Gasteiger partial charge in [-0.3, -0.25) is 9.59 Å². The molecule has 7 nitrogen and oxygen atoms in total. The summed E-state index contributed by atoms with van der Waals surface area (Å²) >= 11 is 0. The Morgan fingerprint density at radius 2 is 1.83 bits per heavy atom. The molecule has 0 amide bonds. The second kappa shape index (κ2) is 8.49. The molecule has 0 aromatic rings. The molecule has 4 atom stereocenters. The van der Waals surface area contributed by atoms with E-state index in [1.165, 1.54) is 0 Å². The number of rotatable bonds is 8. The molecule has 29 heavy (non-hydrogen) atoms. The van der Waals surface area contributed by atoms with E-state index in [9.17, 15) is 27.6 Å². The highest BCUT2D eigenvalue weighted by molar-refractivity contribution is 5.84. The van der Waals surface area contributed by atoms with Crippen LogP contribution < -0.4 is 0 Å². The van der Waals surface area contributed by atoms with Gasteiger partial charge in [0.2, 0.25) is 6.10 Å². The van der Waals surface area contributed by atoms with Crippen LogP contribution in [0.5, 0.6) is 0 Å². The summed E-state index contributed by atoms with van der Waals surface area (Å²) in [5, 5.41) is 0. The molecule has 166 valence electrons. The van der Waals surface area contributed by atoms with Gasteiger partial charge in [-0.15, -0.1) is 0 Å². The molecule has 0 saturated carbocycles. The van der Waals surface area contributed by atoms with Crippen molar-refractivity contribution in [3.05, 3.63) is 0 Å². The summed E-state index contributed by atoms with van der Waals surface area (Å²) in [7, 11) is 0. The molecule has 2 saturated heterocycles. The first-order valence-corrected chi connectivity index (χ1v) is 9.65. The highest BCUT2D eigenvalue weighted by Crippen LogP contribution is 2.43. The van der Waals surface area contributed by atoms with Gasteiger partial charge in [0.1, 0.15) is 0 Å². The number of halogens is 3. The summed E-state index contributed by atoms with van der Waals surface area (Å²) in [6.07, 6.45) is -6.54. The van der Waals surface area contributed by atoms with Gasteiger partial charge < -0.3 is 18.9 Å². The van der Waals surface area contributed by atoms with Crippen LogP contribution in [0, 0.1) is 11.3 Å². The van der Waals surface area contributed by atoms with Gasteiger partial charge in [0.05, 0.1) is 17.8 Å². The first-order valence-electron chi connectivity index (χ1n) is 9.65. The Labute approximate surface area is 167 Å². The first-order chi connectivity index (χ1) is 13.3. The fourth-order valence-electron chi connectivity index (χ4n) is 3.04. The van der Waals surface area contributed by atoms with Crippen molar-refractivity contribution in [1.82, 2.24) is 0 Å². The van der Waals surface area contributed by atoms with E-state index < -0.39 is 53.4 Å². The highest BCUT2D eigenvalue weighted by Gasteiger charge is 2.58. The molecule has 0 aliphatic carbocycles. The van der Waals surface area contributed by atoms with E-state index in [1.807, 2.05) is 6.92 Å². The number of alkyl halides is 3. The summed E-state index contributed by atoms with van der Waals surface area (Å²) in [5.41, 5.74) is -0.765. The molecule has 2 aliphatic heterocycles. The van der Waals surface area contributed by atoms with Crippen LogP contribution in [0.2, 0.25) is 0 Å². The van der Waals surface area contributed by atoms with Crippen LogP contribution in [0.4, 0.5) is 13.2 Å². The van der Waals surface area contributed by atoms with Crippen molar-refractivity contribution in [3.63, 3.8) is 0 Å². The first kappa shape index (κ1) is 23.4. The number of ether oxygens (including phenoxy) is 4. The Kier molecular flexibility index (Phi) is 6.86. The summed E-state index contributed by atoms with van der Waals surface area (Å²) in [6.45, 7) is 5.96. The molecule has 0 radical (unpaired) electrons. The average molecular weight is 424 g/mol. The predicted octanol–water partition coefficient (Wildman–Crippen LogP) is 3.29. The fourth-order valence-corrected chi connectivity index (χ4v) is 3.04. The summed E-state index contributed by atoms with van der Waals surface area (Å²) in [6, 6.07) is 0. The zero-order valence-corrected chi connectivity index (χ0v) is 17.0. The van der Waals surface area contributed by atoms with Gasteiger partial charge in [-0.05, 0) is 40.0 Å². The van der Waals surface area contributed by atoms with Gasteiger partial charge in [0, 0.05) is 13.0 Å². The predicted molar refractivity (Wildman–Crippen MR) is 92.3 cm³/mol. The number of hydrogen-bond donors (Lipinski definition) is 0. The van der Waals surface area contributed by atoms with Crippen LogP contribution in [0.15, 0.2) is 0 Å². The van der Waals surface area contributed by atoms with E-state index in [1.54, 1.807) is 13.8 Å². The quantitative estimate of drug-likeness (QED) is 0.436. The van der Waals surface area contributed by atoms with E-state index in [2.05, 4.69) is 0 Å². The Bertz CT molecular complexity index is 646. The van der Waals surface area contributed by atoms with Gasteiger partial charge in [-0.2, -0.15) is 13.2 Å². The number of carbonyl (C=O) groups is 3.